The molecule has 18 heavy (non-hydrogen) atoms. The molecule has 0 aliphatic carbocycles. The Bertz CT molecular complexity index is 637. The Hall–Kier alpha value is -2.23. The highest BCUT2D eigenvalue weighted by Gasteiger charge is 2.30. The van der Waals surface area contributed by atoms with Gasteiger partial charge < -0.3 is 4.90 Å². The summed E-state index contributed by atoms with van der Waals surface area (Å²) in [5.41, 5.74) is 4.52. The number of benzene rings is 1. The molecular formula is C14H13N3O. The maximum Gasteiger partial charge on any atom is 0.279 e. The average molecular weight is 239 g/mol. The molecule has 4 heteroatoms. The van der Waals surface area contributed by atoms with Gasteiger partial charge in [-0.05, 0) is 37.1 Å². The molecule has 1 aliphatic heterocycles. The lowest BCUT2D eigenvalue weighted by Crippen LogP contribution is -2.23. The van der Waals surface area contributed by atoms with Crippen LogP contribution in [0.4, 0.5) is 5.69 Å². The van der Waals surface area contributed by atoms with E-state index in [1.165, 1.54) is 11.1 Å². The van der Waals surface area contributed by atoms with E-state index in [0.717, 1.165) is 11.4 Å². The van der Waals surface area contributed by atoms with Crippen molar-refractivity contribution in [2.45, 2.75) is 20.4 Å². The molecule has 1 aliphatic rings. The van der Waals surface area contributed by atoms with E-state index in [9.17, 15) is 4.79 Å². The van der Waals surface area contributed by atoms with Gasteiger partial charge in [0.1, 0.15) is 0 Å². The van der Waals surface area contributed by atoms with Gasteiger partial charge in [-0.25, -0.2) is 4.98 Å². The van der Waals surface area contributed by atoms with Crippen molar-refractivity contribution >= 4 is 11.6 Å². The fourth-order valence-electron chi connectivity index (χ4n) is 2.11. The standard InChI is InChI=1S/C14H13N3O/c1-9-3-4-11(7-10(9)2)17-8-12-13(14(17)18)16-6-5-15-12/h3-7H,8H2,1-2H3. The number of aromatic nitrogens is 2. The molecule has 0 atom stereocenters. The molecule has 0 bridgehead atoms. The fourth-order valence-corrected chi connectivity index (χ4v) is 2.11. The Morgan fingerprint density at radius 2 is 1.89 bits per heavy atom. The van der Waals surface area contributed by atoms with Gasteiger partial charge >= 0.3 is 0 Å². The number of anilines is 1. The number of amides is 1. The third-order valence-corrected chi connectivity index (χ3v) is 3.33. The number of hydrogen-bond acceptors (Lipinski definition) is 3. The Morgan fingerprint density at radius 1 is 1.11 bits per heavy atom. The first-order valence-electron chi connectivity index (χ1n) is 5.86. The molecule has 0 saturated heterocycles. The summed E-state index contributed by atoms with van der Waals surface area (Å²) in [6.07, 6.45) is 3.18. The van der Waals surface area contributed by atoms with Gasteiger partial charge in [0.15, 0.2) is 5.69 Å². The molecular weight excluding hydrogens is 226 g/mol. The summed E-state index contributed by atoms with van der Waals surface area (Å²) in [7, 11) is 0. The van der Waals surface area contributed by atoms with Crippen LogP contribution in [-0.4, -0.2) is 15.9 Å². The predicted octanol–water partition coefficient (Wildman–Crippen LogP) is 2.25. The number of nitrogens with zero attached hydrogens (tertiary/aromatic N) is 3. The van der Waals surface area contributed by atoms with Crippen LogP contribution in [0.1, 0.15) is 27.3 Å². The number of fused-ring (bicyclic) bond motifs is 1. The lowest BCUT2D eigenvalue weighted by Gasteiger charge is -2.16. The third-order valence-electron chi connectivity index (χ3n) is 3.33. The van der Waals surface area contributed by atoms with E-state index < -0.39 is 0 Å². The minimum Gasteiger partial charge on any atom is -0.301 e. The zero-order valence-electron chi connectivity index (χ0n) is 10.3. The van der Waals surface area contributed by atoms with E-state index in [2.05, 4.69) is 16.9 Å². The van der Waals surface area contributed by atoms with Crippen molar-refractivity contribution in [2.24, 2.45) is 0 Å². The van der Waals surface area contributed by atoms with Gasteiger partial charge in [-0.1, -0.05) is 6.07 Å². The van der Waals surface area contributed by atoms with Crippen LogP contribution in [0, 0.1) is 13.8 Å². The zero-order valence-corrected chi connectivity index (χ0v) is 10.3. The maximum atomic E-state index is 12.2. The lowest BCUT2D eigenvalue weighted by atomic mass is 10.1. The molecule has 0 N–H and O–H groups in total. The summed E-state index contributed by atoms with van der Waals surface area (Å²) in [4.78, 5) is 22.2. The van der Waals surface area contributed by atoms with Crippen molar-refractivity contribution in [2.75, 3.05) is 4.90 Å². The molecule has 90 valence electrons. The van der Waals surface area contributed by atoms with Crippen molar-refractivity contribution in [3.05, 3.63) is 53.1 Å². The number of aryl methyl sites for hydroxylation is 2. The first-order valence-corrected chi connectivity index (χ1v) is 5.86. The largest absolute Gasteiger partial charge is 0.301 e. The van der Waals surface area contributed by atoms with Crippen LogP contribution < -0.4 is 4.90 Å². The van der Waals surface area contributed by atoms with Gasteiger partial charge in [-0.2, -0.15) is 0 Å². The van der Waals surface area contributed by atoms with Crippen LogP contribution in [0.15, 0.2) is 30.6 Å². The summed E-state index contributed by atoms with van der Waals surface area (Å²) in [5, 5.41) is 0. The molecule has 0 radical (unpaired) electrons. The molecule has 0 saturated carbocycles. The highest BCUT2D eigenvalue weighted by Crippen LogP contribution is 2.27. The molecule has 1 aromatic heterocycles. The quantitative estimate of drug-likeness (QED) is 0.766. The van der Waals surface area contributed by atoms with Crippen LogP contribution in [0.5, 0.6) is 0 Å². The average Bonchev–Trinajstić information content (AvgIpc) is 2.71. The molecule has 2 aromatic rings. The van der Waals surface area contributed by atoms with Crippen LogP contribution in [0.25, 0.3) is 0 Å². The van der Waals surface area contributed by atoms with E-state index in [1.807, 2.05) is 25.1 Å². The maximum absolute atomic E-state index is 12.2. The van der Waals surface area contributed by atoms with Crippen molar-refractivity contribution in [3.63, 3.8) is 0 Å². The van der Waals surface area contributed by atoms with Gasteiger partial charge in [0.2, 0.25) is 0 Å². The van der Waals surface area contributed by atoms with Gasteiger partial charge in [0, 0.05) is 18.1 Å². The van der Waals surface area contributed by atoms with E-state index in [-0.39, 0.29) is 5.91 Å². The summed E-state index contributed by atoms with van der Waals surface area (Å²) in [5.74, 6) is -0.0682. The molecule has 1 amide bonds. The SMILES string of the molecule is Cc1ccc(N2Cc3nccnc3C2=O)cc1C. The minimum absolute atomic E-state index is 0.0682. The Labute approximate surface area is 105 Å². The van der Waals surface area contributed by atoms with E-state index in [4.69, 9.17) is 0 Å². The third kappa shape index (κ3) is 1.57. The summed E-state index contributed by atoms with van der Waals surface area (Å²) < 4.78 is 0. The summed E-state index contributed by atoms with van der Waals surface area (Å²) in [6.45, 7) is 4.61. The van der Waals surface area contributed by atoms with Gasteiger partial charge in [0.05, 0.1) is 12.2 Å². The second kappa shape index (κ2) is 3.91. The Balaban J connectivity index is 2.01. The fraction of sp³-hybridized carbons (Fsp3) is 0.214. The topological polar surface area (TPSA) is 46.1 Å². The highest BCUT2D eigenvalue weighted by molar-refractivity contribution is 6.08. The minimum atomic E-state index is -0.0682. The van der Waals surface area contributed by atoms with E-state index in [0.29, 0.717) is 12.2 Å². The lowest BCUT2D eigenvalue weighted by molar-refractivity contribution is 0.0992. The summed E-state index contributed by atoms with van der Waals surface area (Å²) in [6, 6.07) is 6.02. The van der Waals surface area contributed by atoms with Crippen LogP contribution >= 0.6 is 0 Å². The molecule has 0 spiro atoms. The van der Waals surface area contributed by atoms with Crippen LogP contribution in [-0.2, 0) is 6.54 Å². The first-order chi connectivity index (χ1) is 8.66. The summed E-state index contributed by atoms with van der Waals surface area (Å²) >= 11 is 0. The smallest absolute Gasteiger partial charge is 0.279 e. The highest BCUT2D eigenvalue weighted by atomic mass is 16.2. The predicted molar refractivity (Wildman–Crippen MR) is 68.5 cm³/mol. The molecule has 0 unspecified atom stereocenters. The van der Waals surface area contributed by atoms with Gasteiger partial charge in [-0.3, -0.25) is 9.78 Å². The Kier molecular flexibility index (Phi) is 2.37. The second-order valence-corrected chi connectivity index (χ2v) is 4.51. The molecule has 3 rings (SSSR count). The van der Waals surface area contributed by atoms with Gasteiger partial charge in [-0.15, -0.1) is 0 Å². The molecule has 2 heterocycles. The van der Waals surface area contributed by atoms with Crippen molar-refractivity contribution in [1.29, 1.82) is 0 Å². The number of carbonyl (C=O) groups excluding carboxylic acids is 1. The van der Waals surface area contributed by atoms with E-state index in [1.54, 1.807) is 17.3 Å². The first kappa shape index (κ1) is 10.9. The number of carbonyl (C=O) groups is 1. The number of hydrogen-bond donors (Lipinski definition) is 0. The van der Waals surface area contributed by atoms with Crippen LogP contribution in [0.2, 0.25) is 0 Å². The van der Waals surface area contributed by atoms with Crippen molar-refractivity contribution in [3.8, 4) is 0 Å². The van der Waals surface area contributed by atoms with E-state index >= 15 is 0 Å². The normalized spacial score (nSPS) is 13.9. The van der Waals surface area contributed by atoms with Crippen molar-refractivity contribution < 1.29 is 4.79 Å². The van der Waals surface area contributed by atoms with Gasteiger partial charge in [0.25, 0.3) is 5.91 Å². The Morgan fingerprint density at radius 3 is 2.61 bits per heavy atom. The number of rotatable bonds is 1. The monoisotopic (exact) mass is 239 g/mol. The molecule has 0 fully saturated rings. The molecule has 4 nitrogen and oxygen atoms in total. The second-order valence-electron chi connectivity index (χ2n) is 4.51. The van der Waals surface area contributed by atoms with Crippen molar-refractivity contribution in [1.82, 2.24) is 9.97 Å². The molecule has 1 aromatic carbocycles. The zero-order chi connectivity index (χ0) is 12.7. The van der Waals surface area contributed by atoms with Crippen LogP contribution in [0.3, 0.4) is 0 Å².